The number of pyridine rings is 1. The fourth-order valence-corrected chi connectivity index (χ4v) is 5.76. The van der Waals surface area contributed by atoms with Crippen LogP contribution in [0, 0.1) is 0 Å². The van der Waals surface area contributed by atoms with Crippen LogP contribution in [0.1, 0.15) is 10.6 Å². The number of aryl methyl sites for hydroxylation is 1. The number of rotatable bonds is 2. The van der Waals surface area contributed by atoms with E-state index in [0.717, 1.165) is 0 Å². The Morgan fingerprint density at radius 1 is 1.26 bits per heavy atom. The number of hydrogen-bond donors (Lipinski definition) is 0. The number of aromatic nitrogens is 1. The van der Waals surface area contributed by atoms with Crippen molar-refractivity contribution in [2.24, 2.45) is 7.05 Å². The number of furan rings is 1. The second-order valence-electron chi connectivity index (χ2n) is 6.35. The maximum Gasteiger partial charge on any atom is 0.305 e. The van der Waals surface area contributed by atoms with Crippen molar-refractivity contribution in [3.63, 3.8) is 0 Å². The van der Waals surface area contributed by atoms with Crippen molar-refractivity contribution < 1.29 is 14.3 Å². The molecule has 0 radical (unpaired) electrons. The number of benzene rings is 1. The van der Waals surface area contributed by atoms with E-state index in [1.54, 1.807) is 42.3 Å². The third-order valence-electron chi connectivity index (χ3n) is 4.79. The number of halogens is 1. The van der Waals surface area contributed by atoms with E-state index in [-0.39, 0.29) is 17.2 Å². The number of carbonyl (C=O) groups excluding carboxylic acids is 1. The average molecular weight is 405 g/mol. The second-order valence-corrected chi connectivity index (χ2v) is 9.00. The molecule has 2 aromatic heterocycles. The second kappa shape index (κ2) is 6.98. The van der Waals surface area contributed by atoms with E-state index in [2.05, 4.69) is 0 Å². The molecular weight excluding hydrogens is 388 g/mol. The van der Waals surface area contributed by atoms with Gasteiger partial charge in [-0.2, -0.15) is 0 Å². The van der Waals surface area contributed by atoms with Gasteiger partial charge in [-0.05, 0) is 41.5 Å². The molecule has 140 valence electrons. The summed E-state index contributed by atoms with van der Waals surface area (Å²) < 4.78 is 6.68. The minimum Gasteiger partial charge on any atom is -0.868 e. The Bertz CT molecular complexity index is 1070. The zero-order chi connectivity index (χ0) is 19.1. The maximum absolute atomic E-state index is 13.0. The Morgan fingerprint density at radius 2 is 2.00 bits per heavy atom. The molecule has 8 heteroatoms. The Kier molecular flexibility index (Phi) is 4.65. The van der Waals surface area contributed by atoms with Crippen LogP contribution in [-0.4, -0.2) is 40.0 Å². The van der Waals surface area contributed by atoms with Crippen molar-refractivity contribution in [1.29, 1.82) is 0 Å². The Hall–Kier alpha value is -2.38. The molecule has 0 bridgehead atoms. The monoisotopic (exact) mass is 404 g/mol. The molecule has 0 saturated carbocycles. The minimum atomic E-state index is -0.502. The fraction of sp³-hybridized carbons (Fsp3) is 0.263. The summed E-state index contributed by atoms with van der Waals surface area (Å²) in [6, 6.07) is 8.29. The molecule has 0 aliphatic carbocycles. The van der Waals surface area contributed by atoms with Crippen molar-refractivity contribution in [2.75, 3.05) is 24.6 Å². The van der Waals surface area contributed by atoms with Crippen molar-refractivity contribution in [2.45, 2.75) is 4.90 Å². The minimum absolute atomic E-state index is 0.163. The molecule has 0 spiro atoms. The zero-order valence-electron chi connectivity index (χ0n) is 14.6. The highest BCUT2D eigenvalue weighted by atomic mass is 35.5. The van der Waals surface area contributed by atoms with Crippen LogP contribution in [0.2, 0.25) is 5.02 Å². The summed E-state index contributed by atoms with van der Waals surface area (Å²) in [4.78, 5) is 27.2. The van der Waals surface area contributed by atoms with Crippen LogP contribution < -0.4 is 10.7 Å². The van der Waals surface area contributed by atoms with Gasteiger partial charge in [0.1, 0.15) is 11.5 Å². The number of hydrogen-bond acceptors (Lipinski definition) is 4. The summed E-state index contributed by atoms with van der Waals surface area (Å²) in [7, 11) is 1.17. The molecule has 1 amide bonds. The summed E-state index contributed by atoms with van der Waals surface area (Å²) in [6.45, 7) is 0.970. The highest BCUT2D eigenvalue weighted by molar-refractivity contribution is 7.97. The highest BCUT2D eigenvalue weighted by Crippen LogP contribution is 2.31. The van der Waals surface area contributed by atoms with Gasteiger partial charge in [-0.25, -0.2) is 0 Å². The number of nitrogens with zero attached hydrogens (tertiary/aromatic N) is 2. The van der Waals surface area contributed by atoms with E-state index in [1.807, 2.05) is 0 Å². The van der Waals surface area contributed by atoms with E-state index >= 15 is 0 Å². The molecule has 1 saturated heterocycles. The topological polar surface area (TPSA) is 78.5 Å². The van der Waals surface area contributed by atoms with Crippen LogP contribution >= 0.6 is 11.6 Å². The number of amides is 1. The lowest BCUT2D eigenvalue weighted by Crippen LogP contribution is -2.45. The van der Waals surface area contributed by atoms with Gasteiger partial charge in [0, 0.05) is 23.0 Å². The zero-order valence-corrected chi connectivity index (χ0v) is 16.2. The maximum atomic E-state index is 13.0. The summed E-state index contributed by atoms with van der Waals surface area (Å²) in [5, 5.41) is 13.9. The Balaban J connectivity index is 1.64. The first-order valence-corrected chi connectivity index (χ1v) is 10.4. The smallest absolute Gasteiger partial charge is 0.305 e. The molecule has 1 aliphatic rings. The van der Waals surface area contributed by atoms with Gasteiger partial charge in [0.05, 0.1) is 24.9 Å². The largest absolute Gasteiger partial charge is 0.868 e. The van der Waals surface area contributed by atoms with Crippen LogP contribution in [-0.2, 0) is 17.9 Å². The van der Waals surface area contributed by atoms with Crippen LogP contribution in [0.3, 0.4) is 0 Å². The predicted octanol–water partition coefficient (Wildman–Crippen LogP) is 1.99. The van der Waals surface area contributed by atoms with Crippen molar-refractivity contribution in [3.05, 3.63) is 57.7 Å². The lowest BCUT2D eigenvalue weighted by Gasteiger charge is -2.27. The average Bonchev–Trinajstić information content (AvgIpc) is 3.21. The fourth-order valence-electron chi connectivity index (χ4n) is 3.34. The third kappa shape index (κ3) is 3.11. The molecule has 1 fully saturated rings. The lowest BCUT2D eigenvalue weighted by molar-refractivity contribution is -0.270. The first-order valence-electron chi connectivity index (χ1n) is 8.47. The molecular formula is C19H17ClN2O4S. The normalized spacial score (nSPS) is 15.4. The van der Waals surface area contributed by atoms with Gasteiger partial charge < -0.3 is 19.0 Å². The third-order valence-corrected chi connectivity index (χ3v) is 7.32. The molecule has 0 unspecified atom stereocenters. The molecule has 6 nitrogen and oxygen atoms in total. The summed E-state index contributed by atoms with van der Waals surface area (Å²) in [5.74, 6) is 1.07. The Morgan fingerprint density at radius 3 is 2.67 bits per heavy atom. The van der Waals surface area contributed by atoms with Gasteiger partial charge in [-0.3, -0.25) is 9.59 Å². The molecule has 0 N–H and O–H groups in total. The van der Waals surface area contributed by atoms with Gasteiger partial charge >= 0.3 is 5.56 Å². The highest BCUT2D eigenvalue weighted by Gasteiger charge is 2.35. The first kappa shape index (κ1) is 18.0. The molecule has 27 heavy (non-hydrogen) atoms. The van der Waals surface area contributed by atoms with Crippen LogP contribution in [0.4, 0.5) is 0 Å². The van der Waals surface area contributed by atoms with Gasteiger partial charge in [0.2, 0.25) is 4.90 Å². The molecule has 3 heterocycles. The first-order chi connectivity index (χ1) is 13.0. The van der Waals surface area contributed by atoms with Gasteiger partial charge in [0.25, 0.3) is 5.91 Å². The van der Waals surface area contributed by atoms with Crippen molar-refractivity contribution >= 4 is 39.3 Å². The SMILES string of the molecule is Cn1c(=O)c([S+]2CCN(C(=O)c3ccco3)CC2)c([O-])c2cc(Cl)ccc21. The summed E-state index contributed by atoms with van der Waals surface area (Å²) in [6.07, 6.45) is 1.47. The van der Waals surface area contributed by atoms with E-state index in [1.165, 1.54) is 10.8 Å². The summed E-state index contributed by atoms with van der Waals surface area (Å²) >= 11 is 6.05. The van der Waals surface area contributed by atoms with Gasteiger partial charge in [-0.1, -0.05) is 11.6 Å². The predicted molar refractivity (Wildman–Crippen MR) is 104 cm³/mol. The standard InChI is InChI=1S/C19H17ClN2O4S/c1-21-14-5-4-12(20)11-13(14)16(23)17(19(21)25)27-9-6-22(7-10-27)18(24)15-3-2-8-26-15/h2-5,8,11H,6-7,9-10H2,1H3. The summed E-state index contributed by atoms with van der Waals surface area (Å²) in [5.41, 5.74) is 0.317. The van der Waals surface area contributed by atoms with Crippen LogP contribution in [0.25, 0.3) is 10.9 Å². The number of fused-ring (bicyclic) bond motifs is 1. The van der Waals surface area contributed by atoms with Crippen molar-refractivity contribution in [3.8, 4) is 5.75 Å². The van der Waals surface area contributed by atoms with Crippen molar-refractivity contribution in [1.82, 2.24) is 9.47 Å². The van der Waals surface area contributed by atoms with Crippen LogP contribution in [0.15, 0.2) is 50.7 Å². The van der Waals surface area contributed by atoms with Gasteiger partial charge in [0.15, 0.2) is 5.76 Å². The van der Waals surface area contributed by atoms with Gasteiger partial charge in [-0.15, -0.1) is 0 Å². The molecule has 4 rings (SSSR count). The Labute approximate surface area is 163 Å². The van der Waals surface area contributed by atoms with E-state index in [9.17, 15) is 14.7 Å². The van der Waals surface area contributed by atoms with E-state index in [0.29, 0.717) is 51.2 Å². The molecule has 1 aliphatic heterocycles. The molecule has 0 atom stereocenters. The van der Waals surface area contributed by atoms with E-state index in [4.69, 9.17) is 16.0 Å². The number of carbonyl (C=O) groups is 1. The van der Waals surface area contributed by atoms with Crippen LogP contribution in [0.5, 0.6) is 5.75 Å². The molecule has 3 aromatic rings. The quantitative estimate of drug-likeness (QED) is 0.612. The lowest BCUT2D eigenvalue weighted by atomic mass is 10.2. The molecule has 1 aromatic carbocycles. The van der Waals surface area contributed by atoms with E-state index < -0.39 is 10.9 Å².